The molecule has 0 spiro atoms. The molecule has 1 aromatic carbocycles. The van der Waals surface area contributed by atoms with E-state index in [1.807, 2.05) is 26.0 Å². The maximum atomic E-state index is 10.5. The molecule has 0 saturated heterocycles. The molecular weight excluding hydrogens is 190 g/mol. The highest BCUT2D eigenvalue weighted by molar-refractivity contribution is 5.86. The summed E-state index contributed by atoms with van der Waals surface area (Å²) in [4.78, 5) is 10.5. The molecule has 1 aromatic rings. The second-order valence-corrected chi connectivity index (χ2v) is 3.64. The number of aliphatic carboxylic acids is 1. The molecule has 0 saturated carbocycles. The lowest BCUT2D eigenvalue weighted by atomic mass is 10.1. The minimum Gasteiger partial charge on any atom is -0.478 e. The lowest BCUT2D eigenvalue weighted by Gasteiger charge is -2.08. The molecule has 0 aliphatic carbocycles. The number of carbonyl (C=O) groups is 1. The number of rotatable bonds is 4. The minimum absolute atomic E-state index is 0.161. The Balaban J connectivity index is 2.65. The summed E-state index contributed by atoms with van der Waals surface area (Å²) in [6.07, 6.45) is 0. The van der Waals surface area contributed by atoms with Crippen LogP contribution < -0.4 is 5.32 Å². The Labute approximate surface area is 89.4 Å². The van der Waals surface area contributed by atoms with E-state index in [9.17, 15) is 4.79 Å². The second kappa shape index (κ2) is 4.64. The summed E-state index contributed by atoms with van der Waals surface area (Å²) in [6, 6.07) is 6.02. The van der Waals surface area contributed by atoms with Gasteiger partial charge in [-0.2, -0.15) is 0 Å². The number of carboxylic acid groups (broad SMARTS) is 1. The third-order valence-corrected chi connectivity index (χ3v) is 2.03. The monoisotopic (exact) mass is 205 g/mol. The van der Waals surface area contributed by atoms with Crippen molar-refractivity contribution in [1.29, 1.82) is 0 Å². The molecular formula is C12H15NO2. The van der Waals surface area contributed by atoms with E-state index in [0.717, 1.165) is 16.8 Å². The molecule has 80 valence electrons. The Morgan fingerprint density at radius 2 is 1.87 bits per heavy atom. The van der Waals surface area contributed by atoms with E-state index in [1.54, 1.807) is 0 Å². The first-order chi connectivity index (χ1) is 6.99. The van der Waals surface area contributed by atoms with Gasteiger partial charge in [0.1, 0.15) is 0 Å². The summed E-state index contributed by atoms with van der Waals surface area (Å²) in [5, 5.41) is 11.7. The van der Waals surface area contributed by atoms with Gasteiger partial charge in [0.15, 0.2) is 0 Å². The van der Waals surface area contributed by atoms with Crippen molar-refractivity contribution in [3.05, 3.63) is 41.5 Å². The Bertz CT molecular complexity index is 376. The van der Waals surface area contributed by atoms with Crippen LogP contribution in [0.15, 0.2) is 30.4 Å². The molecule has 15 heavy (non-hydrogen) atoms. The zero-order valence-electron chi connectivity index (χ0n) is 9.00. The predicted octanol–water partition coefficient (Wildman–Crippen LogP) is 2.36. The van der Waals surface area contributed by atoms with E-state index in [4.69, 9.17) is 5.11 Å². The smallest absolute Gasteiger partial charge is 0.332 e. The molecule has 2 N–H and O–H groups in total. The van der Waals surface area contributed by atoms with Crippen LogP contribution in [0.25, 0.3) is 0 Å². The molecule has 0 bridgehead atoms. The summed E-state index contributed by atoms with van der Waals surface area (Å²) in [7, 11) is 0. The first-order valence-electron chi connectivity index (χ1n) is 4.72. The van der Waals surface area contributed by atoms with Crippen molar-refractivity contribution in [2.75, 3.05) is 11.9 Å². The van der Waals surface area contributed by atoms with Crippen LogP contribution in [-0.4, -0.2) is 17.6 Å². The van der Waals surface area contributed by atoms with Crippen LogP contribution in [0.2, 0.25) is 0 Å². The topological polar surface area (TPSA) is 49.3 Å². The molecule has 3 heteroatoms. The zero-order chi connectivity index (χ0) is 11.4. The van der Waals surface area contributed by atoms with Gasteiger partial charge in [0.25, 0.3) is 0 Å². The third kappa shape index (κ3) is 3.46. The lowest BCUT2D eigenvalue weighted by molar-refractivity contribution is -0.132. The number of nitrogens with one attached hydrogen (secondary N) is 1. The number of hydrogen-bond acceptors (Lipinski definition) is 2. The molecule has 0 atom stereocenters. The van der Waals surface area contributed by atoms with Crippen molar-refractivity contribution >= 4 is 11.7 Å². The summed E-state index contributed by atoms with van der Waals surface area (Å²) >= 11 is 0. The van der Waals surface area contributed by atoms with E-state index < -0.39 is 5.97 Å². The average molecular weight is 205 g/mol. The number of benzene rings is 1. The van der Waals surface area contributed by atoms with Crippen molar-refractivity contribution < 1.29 is 9.90 Å². The van der Waals surface area contributed by atoms with Gasteiger partial charge in [-0.1, -0.05) is 12.6 Å². The van der Waals surface area contributed by atoms with Crippen LogP contribution >= 0.6 is 0 Å². The highest BCUT2D eigenvalue weighted by Gasteiger charge is 2.03. The maximum Gasteiger partial charge on any atom is 0.332 e. The highest BCUT2D eigenvalue weighted by atomic mass is 16.4. The molecule has 0 amide bonds. The minimum atomic E-state index is -0.966. The van der Waals surface area contributed by atoms with Gasteiger partial charge in [-0.25, -0.2) is 4.79 Å². The second-order valence-electron chi connectivity index (χ2n) is 3.64. The van der Waals surface area contributed by atoms with Gasteiger partial charge >= 0.3 is 5.97 Å². The number of anilines is 1. The van der Waals surface area contributed by atoms with Gasteiger partial charge in [0.2, 0.25) is 0 Å². The van der Waals surface area contributed by atoms with E-state index in [1.165, 1.54) is 0 Å². The molecule has 1 rings (SSSR count). The Kier molecular flexibility index (Phi) is 3.50. The quantitative estimate of drug-likeness (QED) is 0.742. The molecule has 0 unspecified atom stereocenters. The van der Waals surface area contributed by atoms with Crippen LogP contribution in [-0.2, 0) is 4.79 Å². The number of carboxylic acids is 1. The highest BCUT2D eigenvalue weighted by Crippen LogP contribution is 2.13. The number of aryl methyl sites for hydroxylation is 2. The summed E-state index contributed by atoms with van der Waals surface area (Å²) in [6.45, 7) is 7.72. The van der Waals surface area contributed by atoms with Gasteiger partial charge in [-0.05, 0) is 37.1 Å². The third-order valence-electron chi connectivity index (χ3n) is 2.03. The SMILES string of the molecule is C=C(CNc1cc(C)cc(C)c1)C(=O)O. The van der Waals surface area contributed by atoms with Crippen LogP contribution in [0.4, 0.5) is 5.69 Å². The fraction of sp³-hybridized carbons (Fsp3) is 0.250. The van der Waals surface area contributed by atoms with Gasteiger partial charge < -0.3 is 10.4 Å². The van der Waals surface area contributed by atoms with Crippen molar-refractivity contribution in [1.82, 2.24) is 0 Å². The lowest BCUT2D eigenvalue weighted by Crippen LogP contribution is -2.11. The Hall–Kier alpha value is -1.77. The fourth-order valence-corrected chi connectivity index (χ4v) is 1.36. The largest absolute Gasteiger partial charge is 0.478 e. The van der Waals surface area contributed by atoms with Gasteiger partial charge in [-0.15, -0.1) is 0 Å². The molecule has 0 aliphatic heterocycles. The van der Waals surface area contributed by atoms with Crippen molar-refractivity contribution in [3.63, 3.8) is 0 Å². The number of hydrogen-bond donors (Lipinski definition) is 2. The van der Waals surface area contributed by atoms with E-state index in [2.05, 4.69) is 18.0 Å². The zero-order valence-corrected chi connectivity index (χ0v) is 9.00. The Morgan fingerprint density at radius 3 is 2.33 bits per heavy atom. The molecule has 0 aliphatic rings. The van der Waals surface area contributed by atoms with Crippen LogP contribution in [0.3, 0.4) is 0 Å². The van der Waals surface area contributed by atoms with Crippen LogP contribution in [0.5, 0.6) is 0 Å². The normalized spacial score (nSPS) is 9.73. The molecule has 0 heterocycles. The summed E-state index contributed by atoms with van der Waals surface area (Å²) in [5.74, 6) is -0.966. The molecule has 0 radical (unpaired) electrons. The molecule has 3 nitrogen and oxygen atoms in total. The fourth-order valence-electron chi connectivity index (χ4n) is 1.36. The maximum absolute atomic E-state index is 10.5. The average Bonchev–Trinajstić information content (AvgIpc) is 2.12. The van der Waals surface area contributed by atoms with Gasteiger partial charge in [0.05, 0.1) is 0 Å². The standard InChI is InChI=1S/C12H15NO2/c1-8-4-9(2)6-11(5-8)13-7-10(3)12(14)15/h4-6,13H,3,7H2,1-2H3,(H,14,15). The van der Waals surface area contributed by atoms with Crippen molar-refractivity contribution in [2.45, 2.75) is 13.8 Å². The van der Waals surface area contributed by atoms with E-state index in [0.29, 0.717) is 0 Å². The van der Waals surface area contributed by atoms with Crippen LogP contribution in [0.1, 0.15) is 11.1 Å². The first kappa shape index (κ1) is 11.3. The van der Waals surface area contributed by atoms with Crippen LogP contribution in [0, 0.1) is 13.8 Å². The van der Waals surface area contributed by atoms with Gasteiger partial charge in [-0.3, -0.25) is 0 Å². The molecule has 0 aromatic heterocycles. The first-order valence-corrected chi connectivity index (χ1v) is 4.72. The van der Waals surface area contributed by atoms with Crippen molar-refractivity contribution in [3.8, 4) is 0 Å². The van der Waals surface area contributed by atoms with E-state index >= 15 is 0 Å². The summed E-state index contributed by atoms with van der Waals surface area (Å²) in [5.41, 5.74) is 3.39. The predicted molar refractivity (Wildman–Crippen MR) is 61.2 cm³/mol. The van der Waals surface area contributed by atoms with Crippen molar-refractivity contribution in [2.24, 2.45) is 0 Å². The molecule has 0 fully saturated rings. The Morgan fingerprint density at radius 1 is 1.33 bits per heavy atom. The van der Waals surface area contributed by atoms with Gasteiger partial charge in [0, 0.05) is 17.8 Å². The van der Waals surface area contributed by atoms with E-state index in [-0.39, 0.29) is 12.1 Å². The summed E-state index contributed by atoms with van der Waals surface area (Å²) < 4.78 is 0.